The smallest absolute Gasteiger partial charge is 0.250 e. The number of nitrogens with one attached hydrogen (secondary N) is 1. The van der Waals surface area contributed by atoms with Gasteiger partial charge in [0.05, 0.1) is 0 Å². The molecule has 2 amide bonds. The Morgan fingerprint density at radius 2 is 1.17 bits per heavy atom. The van der Waals surface area contributed by atoms with Crippen molar-refractivity contribution in [2.45, 2.75) is 130 Å². The van der Waals surface area contributed by atoms with Gasteiger partial charge in [-0.25, -0.2) is 0 Å². The summed E-state index contributed by atoms with van der Waals surface area (Å²) in [6.07, 6.45) is 22.7. The van der Waals surface area contributed by atoms with Crippen molar-refractivity contribution < 1.29 is 9.59 Å². The summed E-state index contributed by atoms with van der Waals surface area (Å²) in [7, 11) is 0. The Balaban J connectivity index is 3.55. The molecule has 0 spiro atoms. The van der Waals surface area contributed by atoms with Gasteiger partial charge in [0.25, 0.3) is 0 Å². The second-order valence-electron chi connectivity index (χ2n) is 8.72. The number of carbonyl (C=O) groups excluding carboxylic acids is 2. The SMILES string of the molecule is CCCCCCCCCCCCCCCC(=O)NC(=O)/C=C(/C)CCC=C(C)C. The molecule has 0 rings (SSSR count). The molecule has 0 aliphatic carbocycles. The fourth-order valence-corrected chi connectivity index (χ4v) is 3.42. The van der Waals surface area contributed by atoms with E-state index in [2.05, 4.69) is 32.2 Å². The average molecular weight is 406 g/mol. The minimum atomic E-state index is -0.278. The number of allylic oxidation sites excluding steroid dienone is 3. The van der Waals surface area contributed by atoms with E-state index >= 15 is 0 Å². The lowest BCUT2D eigenvalue weighted by molar-refractivity contribution is -0.128. The van der Waals surface area contributed by atoms with Crippen LogP contribution in [0.2, 0.25) is 0 Å². The van der Waals surface area contributed by atoms with Gasteiger partial charge in [0, 0.05) is 12.5 Å². The van der Waals surface area contributed by atoms with Crippen LogP contribution in [-0.4, -0.2) is 11.8 Å². The molecule has 0 bridgehead atoms. The third-order valence-electron chi connectivity index (χ3n) is 5.24. The van der Waals surface area contributed by atoms with Crippen LogP contribution >= 0.6 is 0 Å². The highest BCUT2D eigenvalue weighted by Gasteiger charge is 2.05. The molecule has 3 nitrogen and oxygen atoms in total. The Bertz CT molecular complexity index is 487. The van der Waals surface area contributed by atoms with Gasteiger partial charge in [-0.1, -0.05) is 101 Å². The maximum absolute atomic E-state index is 11.9. The van der Waals surface area contributed by atoms with Gasteiger partial charge < -0.3 is 0 Å². The third-order valence-corrected chi connectivity index (χ3v) is 5.24. The number of unbranched alkanes of at least 4 members (excludes halogenated alkanes) is 12. The van der Waals surface area contributed by atoms with Crippen LogP contribution in [0.3, 0.4) is 0 Å². The van der Waals surface area contributed by atoms with Crippen LogP contribution in [0.4, 0.5) is 0 Å². The van der Waals surface area contributed by atoms with E-state index in [-0.39, 0.29) is 11.8 Å². The van der Waals surface area contributed by atoms with Gasteiger partial charge in [0.15, 0.2) is 0 Å². The Morgan fingerprint density at radius 3 is 1.66 bits per heavy atom. The number of amides is 2. The second kappa shape index (κ2) is 19.9. The fraction of sp³-hybridized carbons (Fsp3) is 0.769. The van der Waals surface area contributed by atoms with Crippen molar-refractivity contribution in [2.24, 2.45) is 0 Å². The average Bonchev–Trinajstić information content (AvgIpc) is 2.65. The molecule has 0 atom stereocenters. The van der Waals surface area contributed by atoms with Crippen LogP contribution in [0.5, 0.6) is 0 Å². The summed E-state index contributed by atoms with van der Waals surface area (Å²) in [5, 5.41) is 2.48. The first-order valence-electron chi connectivity index (χ1n) is 12.1. The highest BCUT2D eigenvalue weighted by molar-refractivity contribution is 6.01. The largest absolute Gasteiger partial charge is 0.293 e. The lowest BCUT2D eigenvalue weighted by Gasteiger charge is -2.04. The normalized spacial score (nSPS) is 11.4. The van der Waals surface area contributed by atoms with Crippen LogP contribution in [0.15, 0.2) is 23.3 Å². The van der Waals surface area contributed by atoms with E-state index in [4.69, 9.17) is 0 Å². The highest BCUT2D eigenvalue weighted by Crippen LogP contribution is 2.13. The lowest BCUT2D eigenvalue weighted by atomic mass is 10.0. The molecule has 0 heterocycles. The van der Waals surface area contributed by atoms with Crippen molar-refractivity contribution in [3.8, 4) is 0 Å². The maximum atomic E-state index is 11.9. The summed E-state index contributed by atoms with van der Waals surface area (Å²) < 4.78 is 0. The molecule has 0 aromatic carbocycles. The zero-order valence-corrected chi connectivity index (χ0v) is 19.8. The molecule has 3 heteroatoms. The molecule has 0 saturated heterocycles. The van der Waals surface area contributed by atoms with Crippen molar-refractivity contribution in [1.29, 1.82) is 0 Å². The van der Waals surface area contributed by atoms with Gasteiger partial charge in [-0.3, -0.25) is 14.9 Å². The molecule has 0 aliphatic heterocycles. The Morgan fingerprint density at radius 1 is 0.690 bits per heavy atom. The quantitative estimate of drug-likeness (QED) is 0.144. The van der Waals surface area contributed by atoms with Crippen LogP contribution < -0.4 is 5.32 Å². The number of hydrogen-bond donors (Lipinski definition) is 1. The van der Waals surface area contributed by atoms with Gasteiger partial charge >= 0.3 is 0 Å². The van der Waals surface area contributed by atoms with E-state index in [1.54, 1.807) is 6.08 Å². The predicted molar refractivity (Wildman–Crippen MR) is 126 cm³/mol. The van der Waals surface area contributed by atoms with Crippen molar-refractivity contribution in [1.82, 2.24) is 5.32 Å². The van der Waals surface area contributed by atoms with Gasteiger partial charge in [-0.15, -0.1) is 0 Å². The van der Waals surface area contributed by atoms with E-state index in [1.165, 1.54) is 76.2 Å². The first kappa shape index (κ1) is 27.6. The Hall–Kier alpha value is -1.38. The van der Waals surface area contributed by atoms with Gasteiger partial charge in [-0.05, 0) is 40.0 Å². The van der Waals surface area contributed by atoms with Gasteiger partial charge in [-0.2, -0.15) is 0 Å². The maximum Gasteiger partial charge on any atom is 0.250 e. The molecular weight excluding hydrogens is 358 g/mol. The lowest BCUT2D eigenvalue weighted by Crippen LogP contribution is -2.28. The third kappa shape index (κ3) is 21.2. The predicted octanol–water partition coefficient (Wildman–Crippen LogP) is 7.80. The first-order chi connectivity index (χ1) is 14.0. The molecule has 0 aromatic heterocycles. The highest BCUT2D eigenvalue weighted by atomic mass is 16.2. The molecule has 0 aliphatic rings. The molecule has 1 N–H and O–H groups in total. The number of rotatable bonds is 18. The van der Waals surface area contributed by atoms with Crippen molar-refractivity contribution in [3.63, 3.8) is 0 Å². The summed E-state index contributed by atoms with van der Waals surface area (Å²) in [5.74, 6) is -0.425. The first-order valence-corrected chi connectivity index (χ1v) is 12.1. The Kier molecular flexibility index (Phi) is 19.0. The monoisotopic (exact) mass is 405 g/mol. The molecule has 29 heavy (non-hydrogen) atoms. The summed E-state index contributed by atoms with van der Waals surface area (Å²) >= 11 is 0. The second-order valence-corrected chi connectivity index (χ2v) is 8.72. The van der Waals surface area contributed by atoms with Crippen LogP contribution in [-0.2, 0) is 9.59 Å². The van der Waals surface area contributed by atoms with Crippen LogP contribution in [0, 0.1) is 0 Å². The fourth-order valence-electron chi connectivity index (χ4n) is 3.42. The van der Waals surface area contributed by atoms with E-state index in [0.29, 0.717) is 6.42 Å². The number of imide groups is 1. The minimum absolute atomic E-state index is 0.147. The summed E-state index contributed by atoms with van der Waals surface area (Å²) in [5.41, 5.74) is 2.30. The van der Waals surface area contributed by atoms with E-state index < -0.39 is 0 Å². The van der Waals surface area contributed by atoms with Gasteiger partial charge in [0.1, 0.15) is 0 Å². The van der Waals surface area contributed by atoms with Crippen molar-refractivity contribution in [3.05, 3.63) is 23.3 Å². The zero-order chi connectivity index (χ0) is 21.7. The molecule has 0 unspecified atom stereocenters. The van der Waals surface area contributed by atoms with E-state index in [1.807, 2.05) is 6.92 Å². The molecule has 0 radical (unpaired) electrons. The molecular formula is C26H47NO2. The van der Waals surface area contributed by atoms with E-state index in [0.717, 1.165) is 31.3 Å². The topological polar surface area (TPSA) is 46.2 Å². The standard InChI is InChI=1S/C26H47NO2/c1-5-6-7-8-9-10-11-12-13-14-15-16-17-21-25(28)27-26(29)22-24(4)20-18-19-23(2)3/h19,22H,5-18,20-21H2,1-4H3,(H,27,28,29)/b24-22-. The molecule has 0 aromatic rings. The summed E-state index contributed by atoms with van der Waals surface area (Å²) in [4.78, 5) is 23.7. The van der Waals surface area contributed by atoms with Crippen LogP contribution in [0.1, 0.15) is 130 Å². The van der Waals surface area contributed by atoms with Crippen LogP contribution in [0.25, 0.3) is 0 Å². The molecule has 0 fully saturated rings. The van der Waals surface area contributed by atoms with Crippen molar-refractivity contribution in [2.75, 3.05) is 0 Å². The van der Waals surface area contributed by atoms with Crippen molar-refractivity contribution >= 4 is 11.8 Å². The molecule has 0 saturated carbocycles. The molecule has 168 valence electrons. The summed E-state index contributed by atoms with van der Waals surface area (Å²) in [6, 6.07) is 0. The minimum Gasteiger partial charge on any atom is -0.293 e. The zero-order valence-electron chi connectivity index (χ0n) is 19.8. The summed E-state index contributed by atoms with van der Waals surface area (Å²) in [6.45, 7) is 8.34. The number of hydrogen-bond acceptors (Lipinski definition) is 2. The Labute approximate surface area is 180 Å². The van der Waals surface area contributed by atoms with Gasteiger partial charge in [0.2, 0.25) is 11.8 Å². The number of carbonyl (C=O) groups is 2. The van der Waals surface area contributed by atoms with E-state index in [9.17, 15) is 9.59 Å².